The SMILES string of the molecule is COC[C@H]1C[C@@H](c2ncc(-c3ccc(B4OC(C)(C)C(C)(C)O4)cc3)[nH]2)N(C(=O)OCc2ccccc2)C1. The molecule has 200 valence electrons. The van der Waals surface area contributed by atoms with Crippen molar-refractivity contribution >= 4 is 18.7 Å². The number of nitrogens with one attached hydrogen (secondary N) is 1. The molecule has 9 heteroatoms. The number of rotatable bonds is 7. The highest BCUT2D eigenvalue weighted by atomic mass is 16.7. The maximum atomic E-state index is 13.1. The first-order chi connectivity index (χ1) is 18.2. The van der Waals surface area contributed by atoms with Gasteiger partial charge in [-0.1, -0.05) is 54.6 Å². The Morgan fingerprint density at radius 1 is 1.08 bits per heavy atom. The first-order valence-corrected chi connectivity index (χ1v) is 13.1. The molecule has 1 amide bonds. The van der Waals surface area contributed by atoms with E-state index < -0.39 is 7.12 Å². The molecule has 38 heavy (non-hydrogen) atoms. The average molecular weight is 517 g/mol. The van der Waals surface area contributed by atoms with E-state index in [9.17, 15) is 4.79 Å². The van der Waals surface area contributed by atoms with Gasteiger partial charge in [0.2, 0.25) is 0 Å². The van der Waals surface area contributed by atoms with Crippen LogP contribution in [0.3, 0.4) is 0 Å². The van der Waals surface area contributed by atoms with Crippen molar-refractivity contribution in [3.63, 3.8) is 0 Å². The fourth-order valence-corrected chi connectivity index (χ4v) is 4.99. The van der Waals surface area contributed by atoms with Crippen LogP contribution in [0.4, 0.5) is 4.79 Å². The van der Waals surface area contributed by atoms with E-state index in [-0.39, 0.29) is 35.9 Å². The van der Waals surface area contributed by atoms with Crippen molar-refractivity contribution in [3.8, 4) is 11.3 Å². The number of carbonyl (C=O) groups is 1. The molecule has 2 aliphatic rings. The molecule has 1 aromatic heterocycles. The molecule has 1 N–H and O–H groups in total. The second-order valence-electron chi connectivity index (χ2n) is 11.2. The Hall–Kier alpha value is -3.14. The van der Waals surface area contributed by atoms with Crippen molar-refractivity contribution in [2.75, 3.05) is 20.3 Å². The number of hydrogen-bond donors (Lipinski definition) is 1. The number of amides is 1. The molecule has 3 aromatic rings. The number of carbonyl (C=O) groups excluding carboxylic acids is 1. The van der Waals surface area contributed by atoms with Crippen molar-refractivity contribution in [2.45, 2.75) is 58.0 Å². The van der Waals surface area contributed by atoms with Crippen LogP contribution < -0.4 is 5.46 Å². The molecule has 3 heterocycles. The molecular weight excluding hydrogens is 481 g/mol. The minimum atomic E-state index is -0.405. The Labute approximate surface area is 224 Å². The van der Waals surface area contributed by atoms with Gasteiger partial charge >= 0.3 is 13.2 Å². The van der Waals surface area contributed by atoms with Crippen LogP contribution in [0, 0.1) is 5.92 Å². The highest BCUT2D eigenvalue weighted by Crippen LogP contribution is 2.37. The largest absolute Gasteiger partial charge is 0.494 e. The van der Waals surface area contributed by atoms with Gasteiger partial charge in [0.25, 0.3) is 0 Å². The van der Waals surface area contributed by atoms with Gasteiger partial charge in [-0.15, -0.1) is 0 Å². The van der Waals surface area contributed by atoms with Crippen LogP contribution in [0.2, 0.25) is 0 Å². The molecule has 0 radical (unpaired) electrons. The Kier molecular flexibility index (Phi) is 7.35. The summed E-state index contributed by atoms with van der Waals surface area (Å²) in [5, 5.41) is 0. The molecule has 2 saturated heterocycles. The van der Waals surface area contributed by atoms with E-state index in [1.54, 1.807) is 12.0 Å². The predicted molar refractivity (Wildman–Crippen MR) is 146 cm³/mol. The Balaban J connectivity index is 1.29. The highest BCUT2D eigenvalue weighted by Gasteiger charge is 2.51. The number of methoxy groups -OCH3 is 1. The number of benzene rings is 2. The molecule has 0 unspecified atom stereocenters. The summed E-state index contributed by atoms with van der Waals surface area (Å²) >= 11 is 0. The third kappa shape index (κ3) is 5.37. The second kappa shape index (κ2) is 10.6. The lowest BCUT2D eigenvalue weighted by Crippen LogP contribution is -2.41. The summed E-state index contributed by atoms with van der Waals surface area (Å²) in [5.74, 6) is 0.951. The minimum absolute atomic E-state index is 0.210. The zero-order valence-electron chi connectivity index (χ0n) is 22.8. The lowest BCUT2D eigenvalue weighted by molar-refractivity contribution is 0.00578. The smallest absolute Gasteiger partial charge is 0.445 e. The number of aromatic amines is 1. The number of aromatic nitrogens is 2. The van der Waals surface area contributed by atoms with E-state index in [4.69, 9.17) is 18.8 Å². The summed E-state index contributed by atoms with van der Waals surface area (Å²) in [6.45, 7) is 9.57. The maximum absolute atomic E-state index is 13.1. The van der Waals surface area contributed by atoms with Crippen LogP contribution in [-0.2, 0) is 25.4 Å². The molecule has 0 bridgehead atoms. The number of nitrogens with zero attached hydrogens (tertiary/aromatic N) is 2. The summed E-state index contributed by atoms with van der Waals surface area (Å²) in [7, 11) is 1.28. The molecule has 2 aliphatic heterocycles. The molecule has 2 fully saturated rings. The van der Waals surface area contributed by atoms with Crippen LogP contribution in [0.25, 0.3) is 11.3 Å². The van der Waals surface area contributed by atoms with Crippen LogP contribution in [-0.4, -0.2) is 59.5 Å². The second-order valence-corrected chi connectivity index (χ2v) is 11.2. The summed E-state index contributed by atoms with van der Waals surface area (Å²) in [5.41, 5.74) is 3.03. The summed E-state index contributed by atoms with van der Waals surface area (Å²) in [6.07, 6.45) is 2.22. The number of ether oxygens (including phenoxy) is 2. The fraction of sp³-hybridized carbons (Fsp3) is 0.448. The van der Waals surface area contributed by atoms with E-state index in [1.807, 2.05) is 60.8 Å². The van der Waals surface area contributed by atoms with E-state index >= 15 is 0 Å². The molecule has 2 aromatic carbocycles. The molecular formula is C29H36BN3O5. The predicted octanol–water partition coefficient (Wildman–Crippen LogP) is 4.72. The first kappa shape index (κ1) is 26.5. The maximum Gasteiger partial charge on any atom is 0.494 e. The summed E-state index contributed by atoms with van der Waals surface area (Å²) < 4.78 is 23.4. The Bertz CT molecular complexity index is 1230. The molecule has 0 saturated carbocycles. The quantitative estimate of drug-likeness (QED) is 0.457. The van der Waals surface area contributed by atoms with Crippen molar-refractivity contribution < 1.29 is 23.6 Å². The number of hydrogen-bond acceptors (Lipinski definition) is 6. The monoisotopic (exact) mass is 517 g/mol. The molecule has 2 atom stereocenters. The van der Waals surface area contributed by atoms with Gasteiger partial charge in [0.15, 0.2) is 0 Å². The van der Waals surface area contributed by atoms with Crippen molar-refractivity contribution in [2.24, 2.45) is 5.92 Å². The average Bonchev–Trinajstić information content (AvgIpc) is 3.60. The third-order valence-corrected chi connectivity index (χ3v) is 7.89. The van der Waals surface area contributed by atoms with Crippen LogP contribution in [0.1, 0.15) is 51.5 Å². The van der Waals surface area contributed by atoms with Crippen LogP contribution in [0.5, 0.6) is 0 Å². The van der Waals surface area contributed by atoms with E-state index in [1.165, 1.54) is 0 Å². The number of imidazole rings is 1. The molecule has 0 aliphatic carbocycles. The zero-order valence-corrected chi connectivity index (χ0v) is 22.8. The highest BCUT2D eigenvalue weighted by molar-refractivity contribution is 6.62. The fourth-order valence-electron chi connectivity index (χ4n) is 4.99. The van der Waals surface area contributed by atoms with Gasteiger partial charge in [-0.25, -0.2) is 9.78 Å². The number of H-pyrrole nitrogens is 1. The van der Waals surface area contributed by atoms with Crippen LogP contribution in [0.15, 0.2) is 60.8 Å². The minimum Gasteiger partial charge on any atom is -0.445 e. The van der Waals surface area contributed by atoms with Gasteiger partial charge in [-0.2, -0.15) is 0 Å². The molecule has 8 nitrogen and oxygen atoms in total. The molecule has 0 spiro atoms. The van der Waals surface area contributed by atoms with Gasteiger partial charge in [0.05, 0.1) is 35.7 Å². The third-order valence-electron chi connectivity index (χ3n) is 7.89. The standard InChI is InChI=1S/C29H36BN3O5/c1-28(2)29(3,4)38-30(37-28)23-13-11-22(12-14-23)24-16-31-26(32-24)25-15-21(18-35-5)17-33(25)27(34)36-19-20-9-7-6-8-10-20/h6-14,16,21,25H,15,17-19H2,1-5H3,(H,31,32)/t21-,25-/m0/s1. The Morgan fingerprint density at radius 3 is 2.42 bits per heavy atom. The van der Waals surface area contributed by atoms with E-state index in [2.05, 4.69) is 37.7 Å². The lowest BCUT2D eigenvalue weighted by Gasteiger charge is -2.32. The van der Waals surface area contributed by atoms with Gasteiger partial charge < -0.3 is 23.8 Å². The van der Waals surface area contributed by atoms with Crippen molar-refractivity contribution in [1.29, 1.82) is 0 Å². The van der Waals surface area contributed by atoms with Crippen molar-refractivity contribution in [3.05, 3.63) is 72.2 Å². The van der Waals surface area contributed by atoms with Gasteiger partial charge in [0.1, 0.15) is 12.4 Å². The van der Waals surface area contributed by atoms with Crippen LogP contribution >= 0.6 is 0 Å². The normalized spacial score (nSPS) is 22.1. The van der Waals surface area contributed by atoms with E-state index in [0.717, 1.165) is 34.5 Å². The van der Waals surface area contributed by atoms with E-state index in [0.29, 0.717) is 13.2 Å². The van der Waals surface area contributed by atoms with Gasteiger partial charge in [0, 0.05) is 19.6 Å². The Morgan fingerprint density at radius 2 is 1.76 bits per heavy atom. The van der Waals surface area contributed by atoms with Crippen molar-refractivity contribution in [1.82, 2.24) is 14.9 Å². The van der Waals surface area contributed by atoms with Gasteiger partial charge in [-0.3, -0.25) is 4.90 Å². The lowest BCUT2D eigenvalue weighted by atomic mass is 9.79. The first-order valence-electron chi connectivity index (χ1n) is 13.1. The number of likely N-dealkylation sites (tertiary alicyclic amines) is 1. The molecule has 5 rings (SSSR count). The summed E-state index contributed by atoms with van der Waals surface area (Å²) in [4.78, 5) is 22.9. The topological polar surface area (TPSA) is 85.9 Å². The zero-order chi connectivity index (χ0) is 26.9. The summed E-state index contributed by atoms with van der Waals surface area (Å²) in [6, 6.07) is 17.6. The van der Waals surface area contributed by atoms with Gasteiger partial charge in [-0.05, 0) is 50.7 Å².